The Hall–Kier alpha value is -1.20. The fourth-order valence-electron chi connectivity index (χ4n) is 1.82. The van der Waals surface area contributed by atoms with E-state index in [1.807, 2.05) is 0 Å². The lowest BCUT2D eigenvalue weighted by Crippen LogP contribution is -2.68. The molecule has 0 aromatic rings. The molecule has 0 saturated carbocycles. The van der Waals surface area contributed by atoms with E-state index < -0.39 is 33.4 Å². The summed E-state index contributed by atoms with van der Waals surface area (Å²) < 4.78 is 31.6. The smallest absolute Gasteiger partial charge is 0.340 e. The van der Waals surface area contributed by atoms with Crippen molar-refractivity contribution in [1.82, 2.24) is 4.90 Å². The van der Waals surface area contributed by atoms with Gasteiger partial charge in [0.2, 0.25) is 5.91 Å². The van der Waals surface area contributed by atoms with Crippen molar-refractivity contribution < 1.29 is 26.8 Å². The molecule has 0 unspecified atom stereocenters. The highest BCUT2D eigenvalue weighted by atomic mass is 32.2. The van der Waals surface area contributed by atoms with E-state index in [0.717, 1.165) is 19.2 Å². The van der Waals surface area contributed by atoms with Crippen molar-refractivity contribution >= 4 is 41.8 Å². The number of nitrogens with zero attached hydrogens (tertiary/aromatic N) is 1. The molecule has 19 heavy (non-hydrogen) atoms. The summed E-state index contributed by atoms with van der Waals surface area (Å²) in [6.07, 6.45) is 0.856. The summed E-state index contributed by atoms with van der Waals surface area (Å²) in [6.45, 7) is 0. The second-order valence-corrected chi connectivity index (χ2v) is 6.67. The Morgan fingerprint density at radius 2 is 2.21 bits per heavy atom. The van der Waals surface area contributed by atoms with Crippen molar-refractivity contribution in [3.8, 4) is 0 Å². The zero-order chi connectivity index (χ0) is 14.4. The van der Waals surface area contributed by atoms with Gasteiger partial charge in [0.15, 0.2) is 11.5 Å². The van der Waals surface area contributed by atoms with Crippen LogP contribution < -0.4 is 5.73 Å². The minimum atomic E-state index is -3.79. The Morgan fingerprint density at radius 3 is 2.74 bits per heavy atom. The first kappa shape index (κ1) is 14.2. The van der Waals surface area contributed by atoms with Crippen LogP contribution >= 0.6 is 11.8 Å². The van der Waals surface area contributed by atoms with E-state index in [4.69, 9.17) is 9.92 Å². The average Bonchev–Trinajstić information content (AvgIpc) is 2.34. The highest BCUT2D eigenvalue weighted by Crippen LogP contribution is 2.40. The molecule has 0 radical (unpaired) electrons. The third-order valence-electron chi connectivity index (χ3n) is 2.61. The first-order valence-electron chi connectivity index (χ1n) is 5.17. The number of hydrogen-bond acceptors (Lipinski definition) is 8. The molecule has 0 bridgehead atoms. The molecule has 2 N–H and O–H groups in total. The second kappa shape index (κ2) is 4.73. The zero-order valence-corrected chi connectivity index (χ0v) is 11.8. The van der Waals surface area contributed by atoms with E-state index in [-0.39, 0.29) is 17.2 Å². The number of carbonyl (C=O) groups excluding carboxylic acids is 2. The van der Waals surface area contributed by atoms with Gasteiger partial charge in [-0.2, -0.15) is 8.42 Å². The van der Waals surface area contributed by atoms with E-state index in [9.17, 15) is 18.0 Å². The van der Waals surface area contributed by atoms with E-state index in [1.54, 1.807) is 0 Å². The van der Waals surface area contributed by atoms with E-state index in [2.05, 4.69) is 4.65 Å². The lowest BCUT2D eigenvalue weighted by molar-refractivity contribution is -0.147. The number of rotatable bonds is 3. The molecule has 0 aromatic heterocycles. The molecular formula is C8H11BN2O6S2. The predicted molar refractivity (Wildman–Crippen MR) is 68.7 cm³/mol. The summed E-state index contributed by atoms with van der Waals surface area (Å²) in [4.78, 5) is 24.5. The Labute approximate surface area is 114 Å². The summed E-state index contributed by atoms with van der Waals surface area (Å²) in [5, 5.41) is -0.395. The van der Waals surface area contributed by atoms with Gasteiger partial charge in [-0.3, -0.25) is 9.69 Å². The van der Waals surface area contributed by atoms with Gasteiger partial charge in [-0.05, 0) is 0 Å². The van der Waals surface area contributed by atoms with Crippen LogP contribution in [0.15, 0.2) is 11.5 Å². The van der Waals surface area contributed by atoms with Crippen molar-refractivity contribution in [2.45, 2.75) is 11.4 Å². The van der Waals surface area contributed by atoms with Gasteiger partial charge in [0, 0.05) is 0 Å². The molecular weight excluding hydrogens is 295 g/mol. The van der Waals surface area contributed by atoms with E-state index in [0.29, 0.717) is 0 Å². The topological polar surface area (TPSA) is 116 Å². The highest BCUT2D eigenvalue weighted by molar-refractivity contribution is 8.00. The monoisotopic (exact) mass is 306 g/mol. The summed E-state index contributed by atoms with van der Waals surface area (Å²) in [5.74, 6) is -1.29. The number of fused-ring (bicyclic) bond motifs is 1. The number of β-lactam (4-membered cyclic amide) rings is 1. The van der Waals surface area contributed by atoms with Crippen LogP contribution in [0.25, 0.3) is 0 Å². The fraction of sp³-hybridized carbons (Fsp3) is 0.500. The molecule has 11 heteroatoms. The quantitative estimate of drug-likeness (QED) is 0.346. The van der Waals surface area contributed by atoms with Crippen LogP contribution in [0, 0.1) is 0 Å². The number of nitrogens with two attached hydrogens (primary N) is 1. The summed E-state index contributed by atoms with van der Waals surface area (Å²) in [5.41, 5.74) is 5.42. The Kier molecular flexibility index (Phi) is 3.54. The maximum atomic E-state index is 11.7. The van der Waals surface area contributed by atoms with Gasteiger partial charge >= 0.3 is 24.1 Å². The molecule has 1 fully saturated rings. The number of amides is 1. The van der Waals surface area contributed by atoms with Crippen LogP contribution in [0.3, 0.4) is 0 Å². The van der Waals surface area contributed by atoms with Gasteiger partial charge in [0.1, 0.15) is 11.4 Å². The Bertz CT molecular complexity index is 574. The molecule has 1 saturated heterocycles. The van der Waals surface area contributed by atoms with Crippen molar-refractivity contribution in [3.63, 3.8) is 0 Å². The van der Waals surface area contributed by atoms with Crippen molar-refractivity contribution in [1.29, 1.82) is 0 Å². The molecule has 1 amide bonds. The Morgan fingerprint density at radius 1 is 1.58 bits per heavy atom. The van der Waals surface area contributed by atoms with Crippen LogP contribution in [0.4, 0.5) is 0 Å². The minimum absolute atomic E-state index is 0.115. The molecule has 2 aliphatic heterocycles. The van der Waals surface area contributed by atoms with Crippen LogP contribution in [-0.2, 0) is 28.5 Å². The number of carbonyl (C=O) groups is 2. The molecule has 0 aliphatic carbocycles. The largest absolute Gasteiger partial charge is 0.539 e. The summed E-state index contributed by atoms with van der Waals surface area (Å²) in [6, 6.07) is -0.704. The third kappa shape index (κ3) is 2.45. The minimum Gasteiger partial charge on any atom is -0.539 e. The van der Waals surface area contributed by atoms with Crippen LogP contribution in [0.1, 0.15) is 0 Å². The van der Waals surface area contributed by atoms with Crippen LogP contribution in [0.5, 0.6) is 0 Å². The Balaban J connectivity index is 2.42. The molecule has 0 spiro atoms. The molecule has 0 aromatic carbocycles. The molecule has 2 rings (SSSR count). The molecule has 8 nitrogen and oxygen atoms in total. The number of hydrogen-bond donors (Lipinski definition) is 1. The van der Waals surface area contributed by atoms with Gasteiger partial charge in [0.05, 0.1) is 12.0 Å². The van der Waals surface area contributed by atoms with Crippen molar-refractivity contribution in [2.75, 3.05) is 12.0 Å². The standard InChI is InChI=1S/C8H11BN2O6S2/c1-19(14,15)17-3-2-18-7-4(10)6(12)11(7)5(3)8(13)16-9/h4,7H,2,9-10H2,1H3/t4-,7-/m1/s1. The molecule has 104 valence electrons. The fourth-order valence-corrected chi connectivity index (χ4v) is 3.60. The van der Waals surface area contributed by atoms with Gasteiger partial charge in [0.25, 0.3) is 0 Å². The van der Waals surface area contributed by atoms with Crippen LogP contribution in [0.2, 0.25) is 0 Å². The molecule has 2 aliphatic rings. The normalized spacial score (nSPS) is 26.6. The summed E-state index contributed by atoms with van der Waals surface area (Å²) in [7, 11) is -2.66. The van der Waals surface area contributed by atoms with Gasteiger partial charge < -0.3 is 14.6 Å². The SMILES string of the molecule is BOC(=O)C1=C(OS(C)(=O)=O)CS[C@@H]2[C@H](N)C(=O)N12. The third-order valence-corrected chi connectivity index (χ3v) is 4.38. The van der Waals surface area contributed by atoms with Crippen LogP contribution in [-0.4, -0.2) is 56.7 Å². The average molecular weight is 306 g/mol. The van der Waals surface area contributed by atoms with E-state index >= 15 is 0 Å². The van der Waals surface area contributed by atoms with Crippen molar-refractivity contribution in [3.05, 3.63) is 11.5 Å². The zero-order valence-electron chi connectivity index (χ0n) is 10.2. The van der Waals surface area contributed by atoms with E-state index in [1.165, 1.54) is 11.8 Å². The first-order chi connectivity index (χ1) is 8.76. The summed E-state index contributed by atoms with van der Waals surface area (Å²) >= 11 is 1.23. The van der Waals surface area contributed by atoms with Gasteiger partial charge in [-0.15, -0.1) is 11.8 Å². The maximum Gasteiger partial charge on any atom is 0.340 e. The van der Waals surface area contributed by atoms with Gasteiger partial charge in [-0.1, -0.05) is 0 Å². The second-order valence-electron chi connectivity index (χ2n) is 3.99. The van der Waals surface area contributed by atoms with Crippen molar-refractivity contribution in [2.24, 2.45) is 5.73 Å². The number of thioether (sulfide) groups is 1. The maximum absolute atomic E-state index is 11.7. The molecule has 2 heterocycles. The lowest BCUT2D eigenvalue weighted by atomic mass is 10.1. The highest BCUT2D eigenvalue weighted by Gasteiger charge is 2.52. The molecule has 2 atom stereocenters. The lowest BCUT2D eigenvalue weighted by Gasteiger charge is -2.47. The first-order valence-corrected chi connectivity index (χ1v) is 8.04. The predicted octanol–water partition coefficient (Wildman–Crippen LogP) is -2.49. The van der Waals surface area contributed by atoms with Gasteiger partial charge in [-0.25, -0.2) is 4.79 Å².